The lowest BCUT2D eigenvalue weighted by Crippen LogP contribution is -2.36. The van der Waals surface area contributed by atoms with Crippen LogP contribution in [0.15, 0.2) is 30.5 Å². The van der Waals surface area contributed by atoms with E-state index in [9.17, 15) is 4.79 Å². The number of benzene rings is 1. The molecule has 2 heterocycles. The third-order valence-corrected chi connectivity index (χ3v) is 4.66. The van der Waals surface area contributed by atoms with Crippen LogP contribution >= 0.6 is 0 Å². The zero-order valence-corrected chi connectivity index (χ0v) is 14.0. The molecule has 2 N–H and O–H groups in total. The van der Waals surface area contributed by atoms with Crippen LogP contribution in [0.5, 0.6) is 0 Å². The summed E-state index contributed by atoms with van der Waals surface area (Å²) in [6.07, 6.45) is 3.04. The fourth-order valence-corrected chi connectivity index (χ4v) is 2.95. The van der Waals surface area contributed by atoms with Crippen molar-refractivity contribution in [1.82, 2.24) is 9.97 Å². The quantitative estimate of drug-likeness (QED) is 0.899. The second-order valence-electron chi connectivity index (χ2n) is 6.21. The summed E-state index contributed by atoms with van der Waals surface area (Å²) in [6.45, 7) is 5.55. The topological polar surface area (TPSA) is 78.4 Å². The van der Waals surface area contributed by atoms with Crippen molar-refractivity contribution in [3.05, 3.63) is 41.6 Å². The van der Waals surface area contributed by atoms with Crippen LogP contribution in [0.25, 0.3) is 0 Å². The molecule has 126 valence electrons. The monoisotopic (exact) mass is 326 g/mol. The first kappa shape index (κ1) is 16.2. The molecule has 1 fully saturated rings. The second kappa shape index (κ2) is 6.86. The van der Waals surface area contributed by atoms with Gasteiger partial charge in [0.15, 0.2) is 0 Å². The van der Waals surface area contributed by atoms with Crippen molar-refractivity contribution in [2.75, 3.05) is 23.3 Å². The Morgan fingerprint density at radius 1 is 1.25 bits per heavy atom. The number of carbonyl (C=O) groups is 1. The van der Waals surface area contributed by atoms with Crippen LogP contribution in [-0.4, -0.2) is 34.1 Å². The molecule has 24 heavy (non-hydrogen) atoms. The van der Waals surface area contributed by atoms with Gasteiger partial charge in [-0.25, -0.2) is 4.98 Å². The Bertz CT molecular complexity index is 740. The molecule has 1 aliphatic heterocycles. The van der Waals surface area contributed by atoms with Crippen LogP contribution in [0.1, 0.15) is 24.0 Å². The minimum absolute atomic E-state index is 0.240. The first-order chi connectivity index (χ1) is 11.5. The van der Waals surface area contributed by atoms with E-state index < -0.39 is 5.97 Å². The van der Waals surface area contributed by atoms with E-state index in [-0.39, 0.29) is 5.92 Å². The van der Waals surface area contributed by atoms with Gasteiger partial charge in [-0.1, -0.05) is 12.1 Å². The number of nitrogens with zero attached hydrogens (tertiary/aromatic N) is 3. The number of aromatic nitrogens is 2. The Kier molecular flexibility index (Phi) is 4.64. The van der Waals surface area contributed by atoms with Gasteiger partial charge in [0.05, 0.1) is 5.92 Å². The molecule has 0 radical (unpaired) electrons. The number of hydrogen-bond acceptors (Lipinski definition) is 5. The maximum atomic E-state index is 11.1. The van der Waals surface area contributed by atoms with E-state index in [2.05, 4.69) is 40.1 Å². The number of anilines is 3. The summed E-state index contributed by atoms with van der Waals surface area (Å²) in [5.41, 5.74) is 3.39. The van der Waals surface area contributed by atoms with Crippen molar-refractivity contribution in [3.8, 4) is 0 Å². The van der Waals surface area contributed by atoms with Crippen molar-refractivity contribution < 1.29 is 9.90 Å². The molecular weight excluding hydrogens is 304 g/mol. The van der Waals surface area contributed by atoms with E-state index in [1.165, 1.54) is 11.1 Å². The molecule has 0 saturated carbocycles. The van der Waals surface area contributed by atoms with Crippen LogP contribution in [0.2, 0.25) is 0 Å². The van der Waals surface area contributed by atoms with E-state index in [0.717, 1.165) is 11.5 Å². The lowest BCUT2D eigenvalue weighted by atomic mass is 9.97. The van der Waals surface area contributed by atoms with Gasteiger partial charge in [0.1, 0.15) is 5.82 Å². The molecule has 0 amide bonds. The van der Waals surface area contributed by atoms with Gasteiger partial charge in [-0.15, -0.1) is 0 Å². The summed E-state index contributed by atoms with van der Waals surface area (Å²) in [5.74, 6) is 0.452. The van der Waals surface area contributed by atoms with Crippen molar-refractivity contribution in [3.63, 3.8) is 0 Å². The summed E-state index contributed by atoms with van der Waals surface area (Å²) < 4.78 is 0. The molecule has 0 spiro atoms. The summed E-state index contributed by atoms with van der Waals surface area (Å²) >= 11 is 0. The predicted octanol–water partition coefficient (Wildman–Crippen LogP) is 3.14. The number of carboxylic acid groups (broad SMARTS) is 1. The summed E-state index contributed by atoms with van der Waals surface area (Å²) in [7, 11) is 0. The van der Waals surface area contributed by atoms with Gasteiger partial charge in [-0.05, 0) is 49.9 Å². The molecule has 0 bridgehead atoms. The molecule has 1 aromatic heterocycles. The summed E-state index contributed by atoms with van der Waals surface area (Å²) in [6, 6.07) is 7.96. The number of rotatable bonds is 4. The Balaban J connectivity index is 1.73. The lowest BCUT2D eigenvalue weighted by Gasteiger charge is -2.31. The van der Waals surface area contributed by atoms with Crippen LogP contribution in [0, 0.1) is 19.8 Å². The Hall–Kier alpha value is -2.63. The minimum Gasteiger partial charge on any atom is -0.481 e. The highest BCUT2D eigenvalue weighted by Gasteiger charge is 2.25. The fraction of sp³-hybridized carbons (Fsp3) is 0.389. The van der Waals surface area contributed by atoms with E-state index >= 15 is 0 Å². The maximum Gasteiger partial charge on any atom is 0.306 e. The van der Waals surface area contributed by atoms with Gasteiger partial charge in [-0.3, -0.25) is 4.79 Å². The summed E-state index contributed by atoms with van der Waals surface area (Å²) in [4.78, 5) is 22.1. The normalized spacial score (nSPS) is 15.3. The molecular formula is C18H22N4O2. The highest BCUT2D eigenvalue weighted by Crippen LogP contribution is 2.24. The lowest BCUT2D eigenvalue weighted by molar-refractivity contribution is -0.142. The average Bonchev–Trinajstić information content (AvgIpc) is 2.59. The van der Waals surface area contributed by atoms with E-state index in [0.29, 0.717) is 31.9 Å². The van der Waals surface area contributed by atoms with Gasteiger partial charge in [0, 0.05) is 25.0 Å². The van der Waals surface area contributed by atoms with Crippen molar-refractivity contribution in [2.45, 2.75) is 26.7 Å². The van der Waals surface area contributed by atoms with Gasteiger partial charge in [0.25, 0.3) is 0 Å². The standard InChI is InChI=1S/C18H22N4O2/c1-12-4-3-5-15(13(12)2)20-18-19-9-6-16(21-18)22-10-7-14(8-11-22)17(23)24/h3-6,9,14H,7-8,10-11H2,1-2H3,(H,23,24)(H,19,20,21). The van der Waals surface area contributed by atoms with Crippen LogP contribution in [0.3, 0.4) is 0 Å². The zero-order chi connectivity index (χ0) is 17.1. The molecule has 2 aromatic rings. The number of aryl methyl sites for hydroxylation is 1. The number of hydrogen-bond donors (Lipinski definition) is 2. The Morgan fingerprint density at radius 3 is 2.71 bits per heavy atom. The molecule has 3 rings (SSSR count). The Morgan fingerprint density at radius 2 is 2.00 bits per heavy atom. The van der Waals surface area contributed by atoms with Gasteiger partial charge < -0.3 is 15.3 Å². The maximum absolute atomic E-state index is 11.1. The van der Waals surface area contributed by atoms with Crippen LogP contribution in [-0.2, 0) is 4.79 Å². The molecule has 6 nitrogen and oxygen atoms in total. The average molecular weight is 326 g/mol. The SMILES string of the molecule is Cc1cccc(Nc2nccc(N3CCC(C(=O)O)CC3)n2)c1C. The minimum atomic E-state index is -0.699. The molecule has 0 atom stereocenters. The number of nitrogens with one attached hydrogen (secondary N) is 1. The first-order valence-electron chi connectivity index (χ1n) is 8.18. The molecule has 1 aromatic carbocycles. The van der Waals surface area contributed by atoms with Crippen LogP contribution in [0.4, 0.5) is 17.5 Å². The Labute approximate surface area is 141 Å². The third kappa shape index (κ3) is 3.48. The molecule has 1 saturated heterocycles. The van der Waals surface area contributed by atoms with Gasteiger partial charge >= 0.3 is 5.97 Å². The fourth-order valence-electron chi connectivity index (χ4n) is 2.95. The number of carboxylic acids is 1. The van der Waals surface area contributed by atoms with Gasteiger partial charge in [0.2, 0.25) is 5.95 Å². The van der Waals surface area contributed by atoms with E-state index in [4.69, 9.17) is 5.11 Å². The first-order valence-corrected chi connectivity index (χ1v) is 8.18. The smallest absolute Gasteiger partial charge is 0.306 e. The number of piperidine rings is 1. The van der Waals surface area contributed by atoms with E-state index in [1.54, 1.807) is 6.20 Å². The predicted molar refractivity (Wildman–Crippen MR) is 93.8 cm³/mol. The summed E-state index contributed by atoms with van der Waals surface area (Å²) in [5, 5.41) is 12.4. The van der Waals surface area contributed by atoms with E-state index in [1.807, 2.05) is 18.2 Å². The van der Waals surface area contributed by atoms with Crippen LogP contribution < -0.4 is 10.2 Å². The second-order valence-corrected chi connectivity index (χ2v) is 6.21. The molecule has 0 aliphatic carbocycles. The van der Waals surface area contributed by atoms with Crippen molar-refractivity contribution >= 4 is 23.4 Å². The highest BCUT2D eigenvalue weighted by molar-refractivity contribution is 5.70. The van der Waals surface area contributed by atoms with Crippen molar-refractivity contribution in [2.24, 2.45) is 5.92 Å². The highest BCUT2D eigenvalue weighted by atomic mass is 16.4. The zero-order valence-electron chi connectivity index (χ0n) is 14.0. The largest absolute Gasteiger partial charge is 0.481 e. The molecule has 6 heteroatoms. The third-order valence-electron chi connectivity index (χ3n) is 4.66. The molecule has 0 unspecified atom stereocenters. The van der Waals surface area contributed by atoms with Gasteiger partial charge in [-0.2, -0.15) is 4.98 Å². The molecule has 1 aliphatic rings. The van der Waals surface area contributed by atoms with Crippen molar-refractivity contribution in [1.29, 1.82) is 0 Å². The number of aliphatic carboxylic acids is 1.